The molecule has 0 unspecified atom stereocenters. The first-order valence-corrected chi connectivity index (χ1v) is 6.97. The van der Waals surface area contributed by atoms with Crippen molar-refractivity contribution in [3.8, 4) is 0 Å². The van der Waals surface area contributed by atoms with Gasteiger partial charge in [-0.2, -0.15) is 0 Å². The van der Waals surface area contributed by atoms with Crippen molar-refractivity contribution >= 4 is 28.9 Å². The first-order valence-electron chi connectivity index (χ1n) is 6.19. The van der Waals surface area contributed by atoms with Crippen molar-refractivity contribution in [2.75, 3.05) is 6.54 Å². The maximum absolute atomic E-state index is 5.91. The Hall–Kier alpha value is -0.840. The second-order valence-corrected chi connectivity index (χ2v) is 5.50. The largest absolute Gasteiger partial charge is 0.338 e. The third-order valence-electron chi connectivity index (χ3n) is 3.12. The highest BCUT2D eigenvalue weighted by molar-refractivity contribution is 7.80. The van der Waals surface area contributed by atoms with Crippen molar-refractivity contribution in [3.05, 3.63) is 34.9 Å². The number of thiocarbonyl (C=S) groups is 1. The fourth-order valence-electron chi connectivity index (χ4n) is 2.02. The van der Waals surface area contributed by atoms with Crippen LogP contribution in [0.25, 0.3) is 0 Å². The summed E-state index contributed by atoms with van der Waals surface area (Å²) in [5, 5.41) is 6.83. The Morgan fingerprint density at radius 2 is 2.00 bits per heavy atom. The van der Waals surface area contributed by atoms with Crippen LogP contribution in [0.2, 0.25) is 5.02 Å². The molecule has 0 aromatic heterocycles. The normalized spacial score (nSPS) is 23.3. The number of hydrogen-bond donors (Lipinski definition) is 2. The lowest BCUT2D eigenvalue weighted by Crippen LogP contribution is -2.45. The molecule has 18 heavy (non-hydrogen) atoms. The number of nitrogens with zero attached hydrogens (tertiary/aromatic N) is 1. The van der Waals surface area contributed by atoms with Crippen molar-refractivity contribution in [1.29, 1.82) is 0 Å². The summed E-state index contributed by atoms with van der Waals surface area (Å²) in [5.41, 5.74) is 4.19. The van der Waals surface area contributed by atoms with E-state index < -0.39 is 0 Å². The molecular weight excluding hydrogens is 266 g/mol. The van der Waals surface area contributed by atoms with Gasteiger partial charge in [0.25, 0.3) is 0 Å². The zero-order valence-electron chi connectivity index (χ0n) is 10.7. The molecule has 0 aliphatic carbocycles. The second kappa shape index (κ2) is 5.43. The predicted molar refractivity (Wildman–Crippen MR) is 79.3 cm³/mol. The molecule has 1 atom stereocenters. The topological polar surface area (TPSA) is 27.3 Å². The molecule has 98 valence electrons. The van der Waals surface area contributed by atoms with E-state index in [0.717, 1.165) is 35.1 Å². The Labute approximate surface area is 118 Å². The van der Waals surface area contributed by atoms with Gasteiger partial charge in [-0.05, 0) is 43.3 Å². The summed E-state index contributed by atoms with van der Waals surface area (Å²) >= 11 is 11.3. The monoisotopic (exact) mass is 283 g/mol. The lowest BCUT2D eigenvalue weighted by atomic mass is 10.0. The van der Waals surface area contributed by atoms with Crippen LogP contribution in [0.15, 0.2) is 24.3 Å². The Morgan fingerprint density at radius 3 is 2.61 bits per heavy atom. The molecule has 1 aromatic rings. The van der Waals surface area contributed by atoms with Crippen molar-refractivity contribution in [3.63, 3.8) is 0 Å². The Morgan fingerprint density at radius 1 is 1.33 bits per heavy atom. The second-order valence-electron chi connectivity index (χ2n) is 4.68. The minimum atomic E-state index is -0.352. The molecule has 0 bridgehead atoms. The number of hydrazine groups is 1. The van der Waals surface area contributed by atoms with E-state index in [0.29, 0.717) is 0 Å². The van der Waals surface area contributed by atoms with Crippen LogP contribution in [0.3, 0.4) is 0 Å². The average molecular weight is 284 g/mol. The SMILES string of the molecule is CCCCN1N[C@@](C)(c2ccc(Cl)cc2)NC1=S. The number of rotatable bonds is 4. The number of nitrogens with one attached hydrogen (secondary N) is 2. The number of hydrogen-bond acceptors (Lipinski definition) is 2. The maximum atomic E-state index is 5.91. The van der Waals surface area contributed by atoms with Gasteiger partial charge < -0.3 is 5.32 Å². The third kappa shape index (κ3) is 2.76. The molecule has 5 heteroatoms. The molecule has 1 heterocycles. The van der Waals surface area contributed by atoms with Crippen LogP contribution in [0.1, 0.15) is 32.3 Å². The van der Waals surface area contributed by atoms with E-state index >= 15 is 0 Å². The van der Waals surface area contributed by atoms with E-state index in [-0.39, 0.29) is 5.66 Å². The summed E-state index contributed by atoms with van der Waals surface area (Å²) in [4.78, 5) is 0. The van der Waals surface area contributed by atoms with E-state index in [2.05, 4.69) is 24.6 Å². The van der Waals surface area contributed by atoms with Crippen LogP contribution in [-0.2, 0) is 5.66 Å². The Bertz CT molecular complexity index is 434. The summed E-state index contributed by atoms with van der Waals surface area (Å²) in [6, 6.07) is 7.80. The van der Waals surface area contributed by atoms with Gasteiger partial charge in [-0.1, -0.05) is 37.1 Å². The van der Waals surface area contributed by atoms with Gasteiger partial charge >= 0.3 is 0 Å². The van der Waals surface area contributed by atoms with Gasteiger partial charge in [0.05, 0.1) is 0 Å². The van der Waals surface area contributed by atoms with Gasteiger partial charge in [0.2, 0.25) is 0 Å². The summed E-state index contributed by atoms with van der Waals surface area (Å²) in [6.45, 7) is 5.17. The average Bonchev–Trinajstić information content (AvgIpc) is 2.63. The molecule has 3 nitrogen and oxygen atoms in total. The van der Waals surface area contributed by atoms with E-state index in [1.165, 1.54) is 0 Å². The maximum Gasteiger partial charge on any atom is 0.185 e. The highest BCUT2D eigenvalue weighted by Gasteiger charge is 2.36. The van der Waals surface area contributed by atoms with Crippen LogP contribution >= 0.6 is 23.8 Å². The predicted octanol–water partition coefficient (Wildman–Crippen LogP) is 3.01. The molecule has 1 aliphatic heterocycles. The Balaban J connectivity index is 2.13. The van der Waals surface area contributed by atoms with Crippen molar-refractivity contribution in [2.24, 2.45) is 0 Å². The molecule has 0 radical (unpaired) electrons. The van der Waals surface area contributed by atoms with Crippen LogP contribution in [0, 0.1) is 0 Å². The Kier molecular flexibility index (Phi) is 4.10. The van der Waals surface area contributed by atoms with Crippen LogP contribution in [-0.4, -0.2) is 16.7 Å². The lowest BCUT2D eigenvalue weighted by molar-refractivity contribution is 0.233. The van der Waals surface area contributed by atoms with Gasteiger partial charge in [0.1, 0.15) is 5.66 Å². The number of unbranched alkanes of at least 4 members (excludes halogenated alkanes) is 1. The molecule has 1 aliphatic rings. The van der Waals surface area contributed by atoms with Crippen molar-refractivity contribution < 1.29 is 0 Å². The molecule has 0 amide bonds. The quantitative estimate of drug-likeness (QED) is 0.831. The minimum Gasteiger partial charge on any atom is -0.338 e. The van der Waals surface area contributed by atoms with Crippen LogP contribution in [0.5, 0.6) is 0 Å². The van der Waals surface area contributed by atoms with Gasteiger partial charge in [-0.25, -0.2) is 5.43 Å². The minimum absolute atomic E-state index is 0.352. The number of halogens is 1. The first kappa shape index (κ1) is 13.6. The molecule has 1 saturated heterocycles. The zero-order chi connectivity index (χ0) is 13.2. The fraction of sp³-hybridized carbons (Fsp3) is 0.462. The first-order chi connectivity index (χ1) is 8.55. The van der Waals surface area contributed by atoms with Crippen LogP contribution < -0.4 is 10.7 Å². The molecular formula is C13H18ClN3S. The molecule has 2 N–H and O–H groups in total. The summed E-state index contributed by atoms with van der Waals surface area (Å²) in [7, 11) is 0. The molecule has 2 rings (SSSR count). The molecule has 1 fully saturated rings. The summed E-state index contributed by atoms with van der Waals surface area (Å²) in [5.74, 6) is 0. The molecule has 1 aromatic carbocycles. The van der Waals surface area contributed by atoms with Gasteiger partial charge in [-0.15, -0.1) is 0 Å². The lowest BCUT2D eigenvalue weighted by Gasteiger charge is -2.26. The fourth-order valence-corrected chi connectivity index (χ4v) is 2.49. The van der Waals surface area contributed by atoms with Crippen molar-refractivity contribution in [2.45, 2.75) is 32.4 Å². The van der Waals surface area contributed by atoms with Crippen LogP contribution in [0.4, 0.5) is 0 Å². The smallest absolute Gasteiger partial charge is 0.185 e. The highest BCUT2D eigenvalue weighted by Crippen LogP contribution is 2.24. The van der Waals surface area contributed by atoms with E-state index in [1.807, 2.05) is 29.3 Å². The summed E-state index contributed by atoms with van der Waals surface area (Å²) in [6.07, 6.45) is 2.27. The highest BCUT2D eigenvalue weighted by atomic mass is 35.5. The van der Waals surface area contributed by atoms with E-state index in [4.69, 9.17) is 23.8 Å². The zero-order valence-corrected chi connectivity index (χ0v) is 12.2. The van der Waals surface area contributed by atoms with Crippen molar-refractivity contribution in [1.82, 2.24) is 15.8 Å². The van der Waals surface area contributed by atoms with E-state index in [1.54, 1.807) is 0 Å². The standard InChI is InChI=1S/C13H18ClN3S/c1-3-4-9-17-12(18)15-13(2,16-17)10-5-7-11(14)8-6-10/h5-8,16H,3-4,9H2,1-2H3,(H,15,18)/t13-/m0/s1. The third-order valence-corrected chi connectivity index (χ3v) is 3.69. The number of benzene rings is 1. The van der Waals surface area contributed by atoms with E-state index in [9.17, 15) is 0 Å². The molecule has 0 spiro atoms. The molecule has 0 saturated carbocycles. The van der Waals surface area contributed by atoms with Gasteiger partial charge in [-0.3, -0.25) is 5.01 Å². The summed E-state index contributed by atoms with van der Waals surface area (Å²) < 4.78 is 0. The van der Waals surface area contributed by atoms with Gasteiger partial charge in [0, 0.05) is 11.6 Å². The van der Waals surface area contributed by atoms with Gasteiger partial charge in [0.15, 0.2) is 5.11 Å².